The van der Waals surface area contributed by atoms with E-state index in [0.717, 1.165) is 12.0 Å². The van der Waals surface area contributed by atoms with Gasteiger partial charge >= 0.3 is 0 Å². The third-order valence-electron chi connectivity index (χ3n) is 3.95. The molecule has 1 N–H and O–H groups in total. The summed E-state index contributed by atoms with van der Waals surface area (Å²) >= 11 is 6.13. The first-order valence-electron chi connectivity index (χ1n) is 5.95. The largest absolute Gasteiger partial charge is 0.388 e. The van der Waals surface area contributed by atoms with E-state index >= 15 is 0 Å². The van der Waals surface area contributed by atoms with Gasteiger partial charge in [0.05, 0.1) is 6.10 Å². The second-order valence-electron chi connectivity index (χ2n) is 5.45. The lowest BCUT2D eigenvalue weighted by atomic mass is 9.77. The summed E-state index contributed by atoms with van der Waals surface area (Å²) < 4.78 is 0. The van der Waals surface area contributed by atoms with Crippen molar-refractivity contribution in [1.82, 2.24) is 0 Å². The molecule has 0 saturated heterocycles. The zero-order valence-electron chi connectivity index (χ0n) is 9.91. The van der Waals surface area contributed by atoms with Crippen LogP contribution in [0.5, 0.6) is 0 Å². The molecule has 0 radical (unpaired) electrons. The van der Waals surface area contributed by atoms with E-state index in [-0.39, 0.29) is 5.41 Å². The van der Waals surface area contributed by atoms with E-state index in [1.165, 1.54) is 12.8 Å². The molecule has 16 heavy (non-hydrogen) atoms. The average molecular weight is 239 g/mol. The van der Waals surface area contributed by atoms with Crippen molar-refractivity contribution >= 4 is 11.6 Å². The number of rotatable bonds is 2. The molecule has 0 spiro atoms. The Hall–Kier alpha value is -0.530. The van der Waals surface area contributed by atoms with Crippen LogP contribution >= 0.6 is 11.6 Å². The summed E-state index contributed by atoms with van der Waals surface area (Å²) in [6.07, 6.45) is 3.07. The molecule has 1 aliphatic rings. The molecule has 0 bridgehead atoms. The van der Waals surface area contributed by atoms with Gasteiger partial charge < -0.3 is 5.11 Å². The second kappa shape index (κ2) is 4.38. The summed E-state index contributed by atoms with van der Waals surface area (Å²) in [5, 5.41) is 11.1. The van der Waals surface area contributed by atoms with Crippen LogP contribution in [-0.4, -0.2) is 5.11 Å². The number of hydrogen-bond donors (Lipinski definition) is 1. The fourth-order valence-corrected chi connectivity index (χ4v) is 3.12. The van der Waals surface area contributed by atoms with Gasteiger partial charge in [0.25, 0.3) is 0 Å². The Bertz CT molecular complexity index is 373. The Morgan fingerprint density at radius 2 is 2.06 bits per heavy atom. The number of aliphatic hydroxyl groups is 1. The first-order chi connectivity index (χ1) is 7.52. The molecular formula is C14H19ClO. The van der Waals surface area contributed by atoms with Crippen molar-refractivity contribution in [2.45, 2.75) is 39.2 Å². The van der Waals surface area contributed by atoms with E-state index in [4.69, 9.17) is 11.6 Å². The first kappa shape index (κ1) is 11.9. The molecule has 2 atom stereocenters. The van der Waals surface area contributed by atoms with Gasteiger partial charge in [-0.1, -0.05) is 50.1 Å². The molecule has 1 aromatic carbocycles. The Morgan fingerprint density at radius 1 is 1.38 bits per heavy atom. The third-order valence-corrected chi connectivity index (χ3v) is 4.29. The Kier molecular flexibility index (Phi) is 3.27. The van der Waals surface area contributed by atoms with Crippen LogP contribution in [0.15, 0.2) is 24.3 Å². The van der Waals surface area contributed by atoms with Gasteiger partial charge in [0, 0.05) is 5.02 Å². The highest BCUT2D eigenvalue weighted by atomic mass is 35.5. The number of halogens is 1. The molecule has 1 saturated carbocycles. The predicted octanol–water partition coefficient (Wildman–Crippen LogP) is 4.20. The van der Waals surface area contributed by atoms with Crippen molar-refractivity contribution in [2.75, 3.05) is 0 Å². The van der Waals surface area contributed by atoms with Gasteiger partial charge in [-0.05, 0) is 35.8 Å². The molecule has 2 rings (SSSR count). The maximum absolute atomic E-state index is 10.5. The van der Waals surface area contributed by atoms with Crippen LogP contribution in [0.3, 0.4) is 0 Å². The van der Waals surface area contributed by atoms with E-state index < -0.39 is 6.10 Å². The normalized spacial score (nSPS) is 25.6. The summed E-state index contributed by atoms with van der Waals surface area (Å²) in [5.74, 6) is 0.326. The van der Waals surface area contributed by atoms with Crippen LogP contribution in [0.2, 0.25) is 5.02 Å². The molecule has 0 heterocycles. The highest BCUT2D eigenvalue weighted by Gasteiger charge is 2.39. The summed E-state index contributed by atoms with van der Waals surface area (Å²) in [4.78, 5) is 0. The van der Waals surface area contributed by atoms with Crippen molar-refractivity contribution in [2.24, 2.45) is 11.3 Å². The summed E-state index contributed by atoms with van der Waals surface area (Å²) in [5.41, 5.74) is 1.10. The molecule has 2 heteroatoms. The number of benzene rings is 1. The van der Waals surface area contributed by atoms with E-state index in [1.54, 1.807) is 0 Å². The topological polar surface area (TPSA) is 20.2 Å². The second-order valence-corrected chi connectivity index (χ2v) is 5.86. The van der Waals surface area contributed by atoms with Gasteiger partial charge in [-0.2, -0.15) is 0 Å². The van der Waals surface area contributed by atoms with Crippen LogP contribution in [0.4, 0.5) is 0 Å². The van der Waals surface area contributed by atoms with Gasteiger partial charge in [-0.25, -0.2) is 0 Å². The van der Waals surface area contributed by atoms with Crippen molar-refractivity contribution in [3.8, 4) is 0 Å². The van der Waals surface area contributed by atoms with Crippen LogP contribution in [0, 0.1) is 11.3 Å². The average Bonchev–Trinajstić information content (AvgIpc) is 2.58. The Balaban J connectivity index is 2.26. The number of hydrogen-bond acceptors (Lipinski definition) is 1. The lowest BCUT2D eigenvalue weighted by Crippen LogP contribution is -2.24. The quantitative estimate of drug-likeness (QED) is 0.819. The maximum Gasteiger partial charge on any atom is 0.0837 e. The minimum Gasteiger partial charge on any atom is -0.388 e. The minimum atomic E-state index is -0.425. The minimum absolute atomic E-state index is 0.221. The summed E-state index contributed by atoms with van der Waals surface area (Å²) in [6, 6.07) is 7.62. The maximum atomic E-state index is 10.5. The van der Waals surface area contributed by atoms with E-state index in [1.807, 2.05) is 24.3 Å². The summed E-state index contributed by atoms with van der Waals surface area (Å²) in [6.45, 7) is 4.48. The zero-order chi connectivity index (χ0) is 11.8. The highest BCUT2D eigenvalue weighted by molar-refractivity contribution is 6.31. The van der Waals surface area contributed by atoms with Crippen molar-refractivity contribution in [3.63, 3.8) is 0 Å². The third kappa shape index (κ3) is 2.11. The lowest BCUT2D eigenvalue weighted by Gasteiger charge is -2.31. The smallest absolute Gasteiger partial charge is 0.0837 e. The Labute approximate surface area is 102 Å². The van der Waals surface area contributed by atoms with Gasteiger partial charge in [0.2, 0.25) is 0 Å². The molecule has 1 aliphatic carbocycles. The fraction of sp³-hybridized carbons (Fsp3) is 0.571. The SMILES string of the molecule is CC1(C)CCCC1C(O)c1ccccc1Cl. The van der Waals surface area contributed by atoms with Gasteiger partial charge in [0.1, 0.15) is 0 Å². The molecule has 1 fully saturated rings. The van der Waals surface area contributed by atoms with Gasteiger partial charge in [-0.3, -0.25) is 0 Å². The molecule has 0 amide bonds. The van der Waals surface area contributed by atoms with Crippen LogP contribution in [0.25, 0.3) is 0 Å². The highest BCUT2D eigenvalue weighted by Crippen LogP contribution is 2.49. The lowest BCUT2D eigenvalue weighted by molar-refractivity contribution is 0.0532. The molecule has 0 aromatic heterocycles. The molecule has 1 aromatic rings. The predicted molar refractivity (Wildman–Crippen MR) is 67.5 cm³/mol. The molecule has 2 unspecified atom stereocenters. The molecule has 1 nitrogen and oxygen atoms in total. The van der Waals surface area contributed by atoms with Crippen molar-refractivity contribution in [1.29, 1.82) is 0 Å². The summed E-state index contributed by atoms with van der Waals surface area (Å²) in [7, 11) is 0. The Morgan fingerprint density at radius 3 is 2.62 bits per heavy atom. The molecule has 0 aliphatic heterocycles. The van der Waals surface area contributed by atoms with Crippen LogP contribution < -0.4 is 0 Å². The molecular weight excluding hydrogens is 220 g/mol. The van der Waals surface area contributed by atoms with E-state index in [0.29, 0.717) is 10.9 Å². The first-order valence-corrected chi connectivity index (χ1v) is 6.32. The van der Waals surface area contributed by atoms with Crippen molar-refractivity contribution < 1.29 is 5.11 Å². The fourth-order valence-electron chi connectivity index (χ4n) is 2.87. The van der Waals surface area contributed by atoms with Crippen LogP contribution in [0.1, 0.15) is 44.8 Å². The van der Waals surface area contributed by atoms with E-state index in [2.05, 4.69) is 13.8 Å². The van der Waals surface area contributed by atoms with Gasteiger partial charge in [-0.15, -0.1) is 0 Å². The monoisotopic (exact) mass is 238 g/mol. The standard InChI is InChI=1S/C14H19ClO/c1-14(2)9-5-7-11(14)13(16)10-6-3-4-8-12(10)15/h3-4,6,8,11,13,16H,5,7,9H2,1-2H3. The molecule has 88 valence electrons. The van der Waals surface area contributed by atoms with Crippen LogP contribution in [-0.2, 0) is 0 Å². The van der Waals surface area contributed by atoms with E-state index in [9.17, 15) is 5.11 Å². The number of aliphatic hydroxyl groups excluding tert-OH is 1. The van der Waals surface area contributed by atoms with Gasteiger partial charge in [0.15, 0.2) is 0 Å². The zero-order valence-corrected chi connectivity index (χ0v) is 10.7. The van der Waals surface area contributed by atoms with Crippen molar-refractivity contribution in [3.05, 3.63) is 34.9 Å².